The van der Waals surface area contributed by atoms with E-state index >= 15 is 0 Å². The van der Waals surface area contributed by atoms with E-state index in [2.05, 4.69) is 4.98 Å². The van der Waals surface area contributed by atoms with Crippen LogP contribution in [0.25, 0.3) is 10.2 Å². The molecule has 0 aliphatic carbocycles. The van der Waals surface area contributed by atoms with E-state index in [1.54, 1.807) is 25.3 Å². The lowest BCUT2D eigenvalue weighted by molar-refractivity contribution is -0.116. The Hall–Kier alpha value is -2.69. The number of hydrogen-bond donors (Lipinski definition) is 0. The lowest BCUT2D eigenvalue weighted by Crippen LogP contribution is -2.40. The highest BCUT2D eigenvalue weighted by atomic mass is 32.2. The lowest BCUT2D eigenvalue weighted by atomic mass is 10.3. The summed E-state index contributed by atoms with van der Waals surface area (Å²) in [7, 11) is 3.01. The Morgan fingerprint density at radius 1 is 1.03 bits per heavy atom. The molecular formula is C21H25N3O5S2. The number of likely N-dealkylation sites (N-methyl/N-ethyl adjacent to an activating group) is 1. The fraction of sp³-hybridized carbons (Fsp3) is 0.333. The molecule has 0 saturated heterocycles. The molecular weight excluding hydrogens is 438 g/mol. The average molecular weight is 464 g/mol. The van der Waals surface area contributed by atoms with Gasteiger partial charge in [0.05, 0.1) is 23.8 Å². The Labute approximate surface area is 185 Å². The van der Waals surface area contributed by atoms with Crippen molar-refractivity contribution in [2.75, 3.05) is 52.1 Å². The average Bonchev–Trinajstić information content (AvgIpc) is 3.17. The van der Waals surface area contributed by atoms with Crippen LogP contribution in [0.4, 0.5) is 5.13 Å². The largest absolute Gasteiger partial charge is 0.497 e. The van der Waals surface area contributed by atoms with Gasteiger partial charge in [-0.05, 0) is 50.5 Å². The molecule has 0 aliphatic heterocycles. The number of amides is 1. The highest BCUT2D eigenvalue weighted by molar-refractivity contribution is 7.92. The second-order valence-corrected chi connectivity index (χ2v) is 10.1. The summed E-state index contributed by atoms with van der Waals surface area (Å²) in [5.74, 6) is -0.0392. The van der Waals surface area contributed by atoms with Crippen LogP contribution in [0.3, 0.4) is 0 Å². The predicted molar refractivity (Wildman–Crippen MR) is 122 cm³/mol. The third-order valence-electron chi connectivity index (χ3n) is 4.63. The summed E-state index contributed by atoms with van der Waals surface area (Å²) in [6, 6.07) is 11.5. The molecule has 0 fully saturated rings. The summed E-state index contributed by atoms with van der Waals surface area (Å²) >= 11 is 1.33. The molecule has 31 heavy (non-hydrogen) atoms. The number of aromatic nitrogens is 1. The zero-order chi connectivity index (χ0) is 22.6. The molecule has 0 unspecified atom stereocenters. The number of benzene rings is 2. The van der Waals surface area contributed by atoms with E-state index in [1.165, 1.54) is 35.5 Å². The van der Waals surface area contributed by atoms with Gasteiger partial charge in [-0.2, -0.15) is 0 Å². The molecule has 10 heteroatoms. The van der Waals surface area contributed by atoms with Crippen LogP contribution >= 0.6 is 11.3 Å². The molecule has 0 radical (unpaired) electrons. The van der Waals surface area contributed by atoms with E-state index in [9.17, 15) is 13.2 Å². The SMILES string of the molecule is COc1ccc(S(=O)(=O)CC(=O)N(CCN(C)C)c2nc3c(OC)cccc3s2)cc1. The summed E-state index contributed by atoms with van der Waals surface area (Å²) in [6.45, 7) is 0.869. The molecule has 3 aromatic rings. The van der Waals surface area contributed by atoms with Crippen LogP contribution in [0.5, 0.6) is 11.5 Å². The van der Waals surface area contributed by atoms with E-state index < -0.39 is 21.5 Å². The normalized spacial score (nSPS) is 11.6. The molecule has 1 aromatic heterocycles. The fourth-order valence-electron chi connectivity index (χ4n) is 2.93. The van der Waals surface area contributed by atoms with Crippen molar-refractivity contribution in [3.05, 3.63) is 42.5 Å². The van der Waals surface area contributed by atoms with E-state index in [0.717, 1.165) is 4.70 Å². The van der Waals surface area contributed by atoms with Crippen molar-refractivity contribution in [1.29, 1.82) is 0 Å². The van der Waals surface area contributed by atoms with Crippen LogP contribution in [-0.2, 0) is 14.6 Å². The monoisotopic (exact) mass is 463 g/mol. The topological polar surface area (TPSA) is 89.0 Å². The first-order valence-electron chi connectivity index (χ1n) is 9.50. The number of ether oxygens (including phenoxy) is 2. The minimum Gasteiger partial charge on any atom is -0.497 e. The number of sulfone groups is 1. The Balaban J connectivity index is 1.91. The van der Waals surface area contributed by atoms with Gasteiger partial charge < -0.3 is 14.4 Å². The third kappa shape index (κ3) is 5.33. The van der Waals surface area contributed by atoms with E-state index in [4.69, 9.17) is 9.47 Å². The molecule has 1 heterocycles. The van der Waals surface area contributed by atoms with E-state index in [0.29, 0.717) is 35.2 Å². The van der Waals surface area contributed by atoms with Gasteiger partial charge in [-0.1, -0.05) is 17.4 Å². The summed E-state index contributed by atoms with van der Waals surface area (Å²) in [5, 5.41) is 0.441. The van der Waals surface area contributed by atoms with Crippen LogP contribution in [0.2, 0.25) is 0 Å². The minimum atomic E-state index is -3.83. The van der Waals surface area contributed by atoms with Gasteiger partial charge in [-0.25, -0.2) is 13.4 Å². The van der Waals surface area contributed by atoms with Gasteiger partial charge in [0.25, 0.3) is 0 Å². The van der Waals surface area contributed by atoms with Gasteiger partial charge in [0, 0.05) is 13.1 Å². The number of carbonyl (C=O) groups excluding carboxylic acids is 1. The van der Waals surface area contributed by atoms with Crippen molar-refractivity contribution < 1.29 is 22.7 Å². The van der Waals surface area contributed by atoms with Gasteiger partial charge >= 0.3 is 0 Å². The quantitative estimate of drug-likeness (QED) is 0.482. The molecule has 0 atom stereocenters. The standard InChI is InChI=1S/C21H25N3O5S2/c1-23(2)12-13-24(21-22-20-17(29-4)6-5-7-18(20)30-21)19(25)14-31(26,27)16-10-8-15(28-3)9-11-16/h5-11H,12-14H2,1-4H3. The summed E-state index contributed by atoms with van der Waals surface area (Å²) in [6.07, 6.45) is 0. The summed E-state index contributed by atoms with van der Waals surface area (Å²) in [5.41, 5.74) is 0.644. The molecule has 3 rings (SSSR count). The lowest BCUT2D eigenvalue weighted by Gasteiger charge is -2.22. The van der Waals surface area contributed by atoms with Gasteiger partial charge in [0.2, 0.25) is 5.91 Å². The molecule has 0 N–H and O–H groups in total. The second kappa shape index (κ2) is 9.63. The van der Waals surface area contributed by atoms with Crippen molar-refractivity contribution in [1.82, 2.24) is 9.88 Å². The number of para-hydroxylation sites is 1. The number of hydrogen-bond acceptors (Lipinski definition) is 8. The van der Waals surface area contributed by atoms with Crippen molar-refractivity contribution in [3.63, 3.8) is 0 Å². The predicted octanol–water partition coefficient (Wildman–Crippen LogP) is 2.68. The van der Waals surface area contributed by atoms with Crippen LogP contribution < -0.4 is 14.4 Å². The van der Waals surface area contributed by atoms with Crippen LogP contribution in [-0.4, -0.2) is 71.4 Å². The molecule has 0 bridgehead atoms. The number of carbonyl (C=O) groups is 1. The number of thiazole rings is 1. The van der Waals surface area contributed by atoms with Crippen LogP contribution in [0, 0.1) is 0 Å². The smallest absolute Gasteiger partial charge is 0.244 e. The van der Waals surface area contributed by atoms with E-state index in [1.807, 2.05) is 31.1 Å². The highest BCUT2D eigenvalue weighted by Gasteiger charge is 2.27. The molecule has 0 spiro atoms. The van der Waals surface area contributed by atoms with Gasteiger partial charge in [-0.3, -0.25) is 9.69 Å². The highest BCUT2D eigenvalue weighted by Crippen LogP contribution is 2.34. The van der Waals surface area contributed by atoms with Crippen molar-refractivity contribution >= 4 is 42.4 Å². The summed E-state index contributed by atoms with van der Waals surface area (Å²) in [4.78, 5) is 21.1. The zero-order valence-electron chi connectivity index (χ0n) is 17.9. The molecule has 0 saturated carbocycles. The first-order chi connectivity index (χ1) is 14.7. The number of nitrogens with zero attached hydrogens (tertiary/aromatic N) is 3. The third-order valence-corrected chi connectivity index (χ3v) is 7.29. The summed E-state index contributed by atoms with van der Waals surface area (Å²) < 4.78 is 37.0. The Bertz CT molecular complexity index is 1160. The molecule has 2 aromatic carbocycles. The number of fused-ring (bicyclic) bond motifs is 1. The maximum absolute atomic E-state index is 13.1. The van der Waals surface area contributed by atoms with Gasteiger partial charge in [0.1, 0.15) is 22.8 Å². The van der Waals surface area contributed by atoms with Gasteiger partial charge in [0.15, 0.2) is 15.0 Å². The van der Waals surface area contributed by atoms with Gasteiger partial charge in [-0.15, -0.1) is 0 Å². The molecule has 1 amide bonds. The van der Waals surface area contributed by atoms with Crippen LogP contribution in [0.1, 0.15) is 0 Å². The zero-order valence-corrected chi connectivity index (χ0v) is 19.5. The number of methoxy groups -OCH3 is 2. The van der Waals surface area contributed by atoms with Crippen molar-refractivity contribution in [3.8, 4) is 11.5 Å². The maximum Gasteiger partial charge on any atom is 0.244 e. The first kappa shape index (κ1) is 23.0. The molecule has 0 aliphatic rings. The fourth-order valence-corrected chi connectivity index (χ4v) is 5.15. The Morgan fingerprint density at radius 2 is 1.74 bits per heavy atom. The van der Waals surface area contributed by atoms with Crippen molar-refractivity contribution in [2.24, 2.45) is 0 Å². The Morgan fingerprint density at radius 3 is 2.35 bits per heavy atom. The minimum absolute atomic E-state index is 0.0696. The molecule has 8 nitrogen and oxygen atoms in total. The van der Waals surface area contributed by atoms with Crippen molar-refractivity contribution in [2.45, 2.75) is 4.90 Å². The maximum atomic E-state index is 13.1. The van der Waals surface area contributed by atoms with E-state index in [-0.39, 0.29) is 4.90 Å². The number of rotatable bonds is 9. The second-order valence-electron chi connectivity index (χ2n) is 7.09. The van der Waals surface area contributed by atoms with Crippen LogP contribution in [0.15, 0.2) is 47.4 Å². The first-order valence-corrected chi connectivity index (χ1v) is 12.0. The Kier molecular flexibility index (Phi) is 7.14. The number of anilines is 1. The molecule has 166 valence electrons.